The number of hydrogen-bond acceptors (Lipinski definition) is 3. The Balaban J connectivity index is 0.000000521. The molecular formula is C14H21BrN2O3. The van der Waals surface area contributed by atoms with Crippen LogP contribution in [0.15, 0.2) is 21.5 Å². The second-order valence-corrected chi connectivity index (χ2v) is 4.46. The van der Waals surface area contributed by atoms with E-state index >= 15 is 0 Å². The SMILES string of the molecule is CC.CCOC.Cn1cc(Br)c2cc(C=O)[nH]c2c1=O. The minimum atomic E-state index is -0.142. The molecule has 2 heterocycles. The molecule has 0 amide bonds. The summed E-state index contributed by atoms with van der Waals surface area (Å²) in [6.45, 7) is 6.78. The van der Waals surface area contributed by atoms with Crippen LogP contribution in [0.25, 0.3) is 10.9 Å². The maximum absolute atomic E-state index is 11.6. The Morgan fingerprint density at radius 1 is 1.45 bits per heavy atom. The van der Waals surface area contributed by atoms with Gasteiger partial charge in [0, 0.05) is 36.8 Å². The molecule has 0 atom stereocenters. The van der Waals surface area contributed by atoms with Gasteiger partial charge in [0.2, 0.25) is 0 Å². The van der Waals surface area contributed by atoms with E-state index in [2.05, 4.69) is 25.7 Å². The molecule has 0 aliphatic heterocycles. The Bertz CT molecular complexity index is 600. The van der Waals surface area contributed by atoms with Crippen molar-refractivity contribution >= 4 is 33.1 Å². The van der Waals surface area contributed by atoms with Crippen LogP contribution in [-0.4, -0.2) is 29.6 Å². The van der Waals surface area contributed by atoms with Crippen molar-refractivity contribution in [3.8, 4) is 0 Å². The number of aromatic amines is 1. The standard InChI is InChI=1S/C9H7BrN2O2.C3H8O.C2H6/c1-12-3-7(10)6-2-5(4-13)11-8(6)9(12)14;1-3-4-2;1-2/h2-4,11H,1H3;3H2,1-2H3;1-2H3. The molecule has 0 unspecified atom stereocenters. The zero-order chi connectivity index (χ0) is 15.7. The summed E-state index contributed by atoms with van der Waals surface area (Å²) in [5.41, 5.74) is 0.712. The van der Waals surface area contributed by atoms with Gasteiger partial charge < -0.3 is 14.3 Å². The summed E-state index contributed by atoms with van der Waals surface area (Å²) in [6.07, 6.45) is 2.36. The van der Waals surface area contributed by atoms with Crippen LogP contribution >= 0.6 is 15.9 Å². The molecule has 0 fully saturated rings. The summed E-state index contributed by atoms with van der Waals surface area (Å²) >= 11 is 3.33. The van der Waals surface area contributed by atoms with E-state index in [9.17, 15) is 9.59 Å². The first-order chi connectivity index (χ1) is 9.54. The number of aryl methyl sites for hydroxylation is 1. The van der Waals surface area contributed by atoms with Gasteiger partial charge in [-0.05, 0) is 28.9 Å². The smallest absolute Gasteiger partial charge is 0.274 e. The second-order valence-electron chi connectivity index (χ2n) is 3.60. The quantitative estimate of drug-likeness (QED) is 0.851. The van der Waals surface area contributed by atoms with Crippen molar-refractivity contribution in [1.82, 2.24) is 9.55 Å². The lowest BCUT2D eigenvalue weighted by Crippen LogP contribution is -2.16. The highest BCUT2D eigenvalue weighted by Crippen LogP contribution is 2.21. The highest BCUT2D eigenvalue weighted by Gasteiger charge is 2.08. The lowest BCUT2D eigenvalue weighted by molar-refractivity contribution is 0.112. The van der Waals surface area contributed by atoms with Crippen LogP contribution in [-0.2, 0) is 11.8 Å². The first-order valence-electron chi connectivity index (χ1n) is 6.37. The molecule has 0 aromatic carbocycles. The van der Waals surface area contributed by atoms with Crippen LogP contribution in [0, 0.1) is 0 Å². The average Bonchev–Trinajstić information content (AvgIpc) is 2.92. The van der Waals surface area contributed by atoms with Gasteiger partial charge in [0.05, 0.1) is 5.69 Å². The van der Waals surface area contributed by atoms with Crippen LogP contribution in [0.3, 0.4) is 0 Å². The summed E-state index contributed by atoms with van der Waals surface area (Å²) in [7, 11) is 3.34. The molecule has 0 spiro atoms. The van der Waals surface area contributed by atoms with Crippen molar-refractivity contribution in [2.75, 3.05) is 13.7 Å². The van der Waals surface area contributed by atoms with Crippen LogP contribution in [0.5, 0.6) is 0 Å². The lowest BCUT2D eigenvalue weighted by Gasteiger charge is -1.98. The van der Waals surface area contributed by atoms with Crippen LogP contribution in [0.4, 0.5) is 0 Å². The van der Waals surface area contributed by atoms with E-state index in [1.165, 1.54) is 4.57 Å². The largest absolute Gasteiger partial charge is 0.385 e. The van der Waals surface area contributed by atoms with Gasteiger partial charge in [0.25, 0.3) is 5.56 Å². The van der Waals surface area contributed by atoms with E-state index in [0.29, 0.717) is 17.5 Å². The summed E-state index contributed by atoms with van der Waals surface area (Å²) in [4.78, 5) is 24.9. The molecule has 0 saturated heterocycles. The van der Waals surface area contributed by atoms with Gasteiger partial charge in [-0.25, -0.2) is 0 Å². The number of pyridine rings is 1. The molecular weight excluding hydrogens is 324 g/mol. The number of rotatable bonds is 2. The van der Waals surface area contributed by atoms with E-state index in [0.717, 1.165) is 16.5 Å². The van der Waals surface area contributed by atoms with E-state index in [1.807, 2.05) is 20.8 Å². The normalized spacial score (nSPS) is 9.30. The summed E-state index contributed by atoms with van der Waals surface area (Å²) in [6, 6.07) is 1.65. The summed E-state index contributed by atoms with van der Waals surface area (Å²) < 4.78 is 6.79. The molecule has 0 aliphatic rings. The Morgan fingerprint density at radius 3 is 2.45 bits per heavy atom. The highest BCUT2D eigenvalue weighted by atomic mass is 79.9. The third-order valence-corrected chi connectivity index (χ3v) is 2.98. The summed E-state index contributed by atoms with van der Waals surface area (Å²) in [5.74, 6) is 0. The fourth-order valence-corrected chi connectivity index (χ4v) is 1.99. The minimum Gasteiger partial charge on any atom is -0.385 e. The number of fused-ring (bicyclic) bond motifs is 1. The average molecular weight is 345 g/mol. The van der Waals surface area contributed by atoms with Crippen LogP contribution in [0.2, 0.25) is 0 Å². The molecule has 1 N–H and O–H groups in total. The molecule has 20 heavy (non-hydrogen) atoms. The fraction of sp³-hybridized carbons (Fsp3) is 0.429. The Hall–Kier alpha value is -1.40. The van der Waals surface area contributed by atoms with Gasteiger partial charge in [-0.3, -0.25) is 9.59 Å². The summed E-state index contributed by atoms with van der Waals surface area (Å²) in [5, 5.41) is 0.732. The number of carbonyl (C=O) groups is 1. The van der Waals surface area contributed by atoms with E-state index < -0.39 is 0 Å². The van der Waals surface area contributed by atoms with Crippen molar-refractivity contribution in [1.29, 1.82) is 0 Å². The van der Waals surface area contributed by atoms with Crippen molar-refractivity contribution in [3.63, 3.8) is 0 Å². The Labute approximate surface area is 127 Å². The molecule has 6 heteroatoms. The molecule has 0 bridgehead atoms. The number of nitrogens with zero attached hydrogens (tertiary/aromatic N) is 1. The van der Waals surface area contributed by atoms with Gasteiger partial charge in [-0.2, -0.15) is 0 Å². The van der Waals surface area contributed by atoms with Gasteiger partial charge in [0.1, 0.15) is 5.52 Å². The molecule has 2 rings (SSSR count). The third kappa shape index (κ3) is 4.61. The highest BCUT2D eigenvalue weighted by molar-refractivity contribution is 9.10. The van der Waals surface area contributed by atoms with Gasteiger partial charge >= 0.3 is 0 Å². The van der Waals surface area contributed by atoms with E-state index in [1.54, 1.807) is 26.4 Å². The first kappa shape index (κ1) is 18.6. The van der Waals surface area contributed by atoms with Gasteiger partial charge in [-0.1, -0.05) is 13.8 Å². The predicted octanol–water partition coefficient (Wildman–Crippen LogP) is 3.12. The lowest BCUT2D eigenvalue weighted by atomic mass is 10.3. The number of nitrogens with one attached hydrogen (secondary N) is 1. The number of aromatic nitrogens is 2. The minimum absolute atomic E-state index is 0.142. The molecule has 0 aliphatic carbocycles. The Morgan fingerprint density at radius 2 is 2.00 bits per heavy atom. The number of H-pyrrole nitrogens is 1. The van der Waals surface area contributed by atoms with Crippen LogP contribution < -0.4 is 5.56 Å². The Kier molecular flexibility index (Phi) is 8.83. The number of carbonyl (C=O) groups excluding carboxylic acids is 1. The second kappa shape index (κ2) is 9.50. The van der Waals surface area contributed by atoms with Crippen molar-refractivity contribution in [2.24, 2.45) is 7.05 Å². The number of hydrogen-bond donors (Lipinski definition) is 1. The topological polar surface area (TPSA) is 64.1 Å². The number of halogens is 1. The molecule has 112 valence electrons. The van der Waals surface area contributed by atoms with E-state index in [4.69, 9.17) is 0 Å². The molecule has 2 aromatic heterocycles. The van der Waals surface area contributed by atoms with Crippen LogP contribution in [0.1, 0.15) is 31.3 Å². The molecule has 0 saturated carbocycles. The molecule has 0 radical (unpaired) electrons. The monoisotopic (exact) mass is 344 g/mol. The fourth-order valence-electron chi connectivity index (χ4n) is 1.37. The van der Waals surface area contributed by atoms with Gasteiger partial charge in [0.15, 0.2) is 6.29 Å². The number of methoxy groups -OCH3 is 1. The number of aldehydes is 1. The zero-order valence-corrected chi connectivity index (χ0v) is 14.1. The molecule has 2 aromatic rings. The zero-order valence-electron chi connectivity index (χ0n) is 12.5. The maximum Gasteiger partial charge on any atom is 0.274 e. The predicted molar refractivity (Wildman–Crippen MR) is 85.5 cm³/mol. The van der Waals surface area contributed by atoms with Crippen molar-refractivity contribution < 1.29 is 9.53 Å². The van der Waals surface area contributed by atoms with Gasteiger partial charge in [-0.15, -0.1) is 0 Å². The number of ether oxygens (including phenoxy) is 1. The first-order valence-corrected chi connectivity index (χ1v) is 7.16. The molecule has 5 nitrogen and oxygen atoms in total. The maximum atomic E-state index is 11.6. The van der Waals surface area contributed by atoms with Crippen molar-refractivity contribution in [3.05, 3.63) is 32.8 Å². The van der Waals surface area contributed by atoms with Crippen molar-refractivity contribution in [2.45, 2.75) is 20.8 Å². The van der Waals surface area contributed by atoms with E-state index in [-0.39, 0.29) is 5.56 Å². The third-order valence-electron chi connectivity index (χ3n) is 2.35.